The molecule has 1 heterocycles. The van der Waals surface area contributed by atoms with Gasteiger partial charge in [-0.1, -0.05) is 48.0 Å². The predicted octanol–water partition coefficient (Wildman–Crippen LogP) is 3.39. The SMILES string of the molecule is O=C(C=Cc1cc(Cl)ccc1-n1cnnn1)NC(Cc1ccccc1)C(=O)Nc1cccc(C(=O)O)c1. The van der Waals surface area contributed by atoms with Crippen molar-refractivity contribution in [3.8, 4) is 5.69 Å². The van der Waals surface area contributed by atoms with Gasteiger partial charge in [0, 0.05) is 28.8 Å². The lowest BCUT2D eigenvalue weighted by molar-refractivity contribution is -0.123. The maximum absolute atomic E-state index is 13.1. The molecule has 3 N–H and O–H groups in total. The van der Waals surface area contributed by atoms with Crippen molar-refractivity contribution in [1.29, 1.82) is 0 Å². The fourth-order valence-corrected chi connectivity index (χ4v) is 3.72. The summed E-state index contributed by atoms with van der Waals surface area (Å²) in [7, 11) is 0. The first kappa shape index (κ1) is 25.3. The van der Waals surface area contributed by atoms with E-state index in [2.05, 4.69) is 26.2 Å². The highest BCUT2D eigenvalue weighted by molar-refractivity contribution is 6.30. The summed E-state index contributed by atoms with van der Waals surface area (Å²) in [5.74, 6) is -2.12. The summed E-state index contributed by atoms with van der Waals surface area (Å²) >= 11 is 6.13. The molecule has 0 spiro atoms. The van der Waals surface area contributed by atoms with Gasteiger partial charge in [-0.3, -0.25) is 9.59 Å². The molecule has 11 heteroatoms. The van der Waals surface area contributed by atoms with Crippen LogP contribution in [0.25, 0.3) is 11.8 Å². The van der Waals surface area contributed by atoms with E-state index in [1.54, 1.807) is 30.3 Å². The Morgan fingerprint density at radius 3 is 2.57 bits per heavy atom. The second kappa shape index (κ2) is 11.7. The molecule has 3 aromatic carbocycles. The summed E-state index contributed by atoms with van der Waals surface area (Å²) in [6.07, 6.45) is 4.47. The van der Waals surface area contributed by atoms with Crippen LogP contribution in [0.3, 0.4) is 0 Å². The number of hydrogen-bond donors (Lipinski definition) is 3. The second-order valence-electron chi connectivity index (χ2n) is 7.92. The molecule has 37 heavy (non-hydrogen) atoms. The van der Waals surface area contributed by atoms with Gasteiger partial charge in [0.05, 0.1) is 11.3 Å². The molecule has 4 aromatic rings. The van der Waals surface area contributed by atoms with Crippen molar-refractivity contribution in [3.63, 3.8) is 0 Å². The number of halogens is 1. The highest BCUT2D eigenvalue weighted by Gasteiger charge is 2.21. The Kier molecular flexibility index (Phi) is 8.01. The summed E-state index contributed by atoms with van der Waals surface area (Å²) in [5.41, 5.74) is 2.36. The van der Waals surface area contributed by atoms with Crippen molar-refractivity contribution < 1.29 is 19.5 Å². The van der Waals surface area contributed by atoms with E-state index >= 15 is 0 Å². The van der Waals surface area contributed by atoms with Crippen molar-refractivity contribution >= 4 is 41.1 Å². The lowest BCUT2D eigenvalue weighted by Crippen LogP contribution is -2.44. The third kappa shape index (κ3) is 6.86. The fourth-order valence-electron chi connectivity index (χ4n) is 3.54. The number of tetrazole rings is 1. The van der Waals surface area contributed by atoms with E-state index in [0.29, 0.717) is 22.0 Å². The predicted molar refractivity (Wildman–Crippen MR) is 137 cm³/mol. The maximum atomic E-state index is 13.1. The van der Waals surface area contributed by atoms with Gasteiger partial charge < -0.3 is 15.7 Å². The van der Waals surface area contributed by atoms with Gasteiger partial charge in [-0.2, -0.15) is 4.68 Å². The van der Waals surface area contributed by atoms with Crippen LogP contribution in [-0.2, 0) is 16.0 Å². The van der Waals surface area contributed by atoms with Crippen LogP contribution in [0, 0.1) is 0 Å². The molecule has 0 radical (unpaired) electrons. The van der Waals surface area contributed by atoms with Gasteiger partial charge in [-0.25, -0.2) is 4.79 Å². The average molecular weight is 517 g/mol. The van der Waals surface area contributed by atoms with E-state index in [4.69, 9.17) is 11.6 Å². The molecule has 0 aliphatic rings. The molecule has 0 saturated carbocycles. The van der Waals surface area contributed by atoms with E-state index in [1.807, 2.05) is 30.3 Å². The normalized spacial score (nSPS) is 11.7. The Labute approximate surface area is 216 Å². The van der Waals surface area contributed by atoms with Gasteiger partial charge in [0.25, 0.3) is 0 Å². The molecule has 0 fully saturated rings. The number of hydrogen-bond acceptors (Lipinski definition) is 6. The molecular weight excluding hydrogens is 496 g/mol. The Morgan fingerprint density at radius 2 is 1.84 bits per heavy atom. The van der Waals surface area contributed by atoms with E-state index in [9.17, 15) is 19.5 Å². The third-order valence-corrected chi connectivity index (χ3v) is 5.53. The molecule has 0 saturated heterocycles. The van der Waals surface area contributed by atoms with Crippen molar-refractivity contribution in [1.82, 2.24) is 25.5 Å². The number of carbonyl (C=O) groups is 3. The molecule has 1 aromatic heterocycles. The first-order valence-electron chi connectivity index (χ1n) is 11.1. The van der Waals surface area contributed by atoms with Crippen LogP contribution in [0.4, 0.5) is 5.69 Å². The molecule has 2 amide bonds. The first-order valence-corrected chi connectivity index (χ1v) is 11.5. The Bertz CT molecular complexity index is 1440. The zero-order valence-corrected chi connectivity index (χ0v) is 20.0. The summed E-state index contributed by atoms with van der Waals surface area (Å²) in [4.78, 5) is 37.3. The molecule has 0 aliphatic heterocycles. The molecule has 1 atom stereocenters. The summed E-state index contributed by atoms with van der Waals surface area (Å²) < 4.78 is 1.44. The van der Waals surface area contributed by atoms with Crippen molar-refractivity contribution in [3.05, 3.63) is 107 Å². The number of benzene rings is 3. The quantitative estimate of drug-likeness (QED) is 0.290. The monoisotopic (exact) mass is 516 g/mol. The minimum atomic E-state index is -1.11. The molecule has 10 nitrogen and oxygen atoms in total. The molecule has 0 bridgehead atoms. The van der Waals surface area contributed by atoms with Gasteiger partial charge in [0.15, 0.2) is 0 Å². The average Bonchev–Trinajstić information content (AvgIpc) is 3.43. The van der Waals surface area contributed by atoms with Gasteiger partial charge in [-0.15, -0.1) is 5.10 Å². The van der Waals surface area contributed by atoms with Crippen LogP contribution < -0.4 is 10.6 Å². The summed E-state index contributed by atoms with van der Waals surface area (Å²) in [6, 6.07) is 19.2. The summed E-state index contributed by atoms with van der Waals surface area (Å²) in [5, 5.41) is 26.2. The molecular formula is C26H21ClN6O4. The molecule has 1 unspecified atom stereocenters. The number of carboxylic acids is 1. The number of aromatic carboxylic acids is 1. The topological polar surface area (TPSA) is 139 Å². The second-order valence-corrected chi connectivity index (χ2v) is 8.35. The smallest absolute Gasteiger partial charge is 0.335 e. The van der Waals surface area contributed by atoms with Gasteiger partial charge in [-0.05, 0) is 58.5 Å². The van der Waals surface area contributed by atoms with Crippen LogP contribution in [0.5, 0.6) is 0 Å². The van der Waals surface area contributed by atoms with Gasteiger partial charge in [0.2, 0.25) is 11.8 Å². The van der Waals surface area contributed by atoms with Crippen LogP contribution in [-0.4, -0.2) is 49.1 Å². The number of carbonyl (C=O) groups excluding carboxylic acids is 2. The highest BCUT2D eigenvalue weighted by Crippen LogP contribution is 2.20. The maximum Gasteiger partial charge on any atom is 0.335 e. The van der Waals surface area contributed by atoms with E-state index in [-0.39, 0.29) is 12.0 Å². The number of nitrogens with zero attached hydrogens (tertiary/aromatic N) is 4. The zero-order valence-electron chi connectivity index (χ0n) is 19.3. The standard InChI is InChI=1S/C26H21ClN6O4/c27-20-10-11-23(33-16-28-31-32-33)18(14-20)9-12-24(34)30-22(13-17-5-2-1-3-6-17)25(35)29-21-8-4-7-19(15-21)26(36)37/h1-12,14-16,22H,13H2,(H,29,35)(H,30,34)(H,36,37). The highest BCUT2D eigenvalue weighted by atomic mass is 35.5. The summed E-state index contributed by atoms with van der Waals surface area (Å²) in [6.45, 7) is 0. The lowest BCUT2D eigenvalue weighted by atomic mass is 10.0. The number of aromatic nitrogens is 4. The van der Waals surface area contributed by atoms with Crippen LogP contribution in [0.1, 0.15) is 21.5 Å². The lowest BCUT2D eigenvalue weighted by Gasteiger charge is -2.18. The van der Waals surface area contributed by atoms with Crippen LogP contribution in [0.15, 0.2) is 85.2 Å². The molecule has 186 valence electrons. The zero-order chi connectivity index (χ0) is 26.2. The number of nitrogens with one attached hydrogen (secondary N) is 2. The fraction of sp³-hybridized carbons (Fsp3) is 0.0769. The van der Waals surface area contributed by atoms with E-state index in [1.165, 1.54) is 35.3 Å². The van der Waals surface area contributed by atoms with Crippen molar-refractivity contribution in [2.75, 3.05) is 5.32 Å². The third-order valence-electron chi connectivity index (χ3n) is 5.29. The molecule has 4 rings (SSSR count). The number of anilines is 1. The van der Waals surface area contributed by atoms with Crippen LogP contribution >= 0.6 is 11.6 Å². The van der Waals surface area contributed by atoms with Gasteiger partial charge in [0.1, 0.15) is 12.4 Å². The number of amides is 2. The Morgan fingerprint density at radius 1 is 1.03 bits per heavy atom. The minimum Gasteiger partial charge on any atom is -0.478 e. The van der Waals surface area contributed by atoms with Crippen LogP contribution in [0.2, 0.25) is 5.02 Å². The van der Waals surface area contributed by atoms with E-state index in [0.717, 1.165) is 5.56 Å². The Hall–Kier alpha value is -4.83. The number of carboxylic acid groups (broad SMARTS) is 1. The van der Waals surface area contributed by atoms with Gasteiger partial charge >= 0.3 is 5.97 Å². The Balaban J connectivity index is 1.53. The molecule has 0 aliphatic carbocycles. The van der Waals surface area contributed by atoms with E-state index < -0.39 is 23.8 Å². The first-order chi connectivity index (χ1) is 17.9. The van der Waals surface area contributed by atoms with Crippen molar-refractivity contribution in [2.24, 2.45) is 0 Å². The van der Waals surface area contributed by atoms with Crippen molar-refractivity contribution in [2.45, 2.75) is 12.5 Å². The number of rotatable bonds is 9. The minimum absolute atomic E-state index is 0.0317. The largest absolute Gasteiger partial charge is 0.478 e.